The molecule has 0 amide bonds. The van der Waals surface area contributed by atoms with Crippen molar-refractivity contribution in [1.82, 2.24) is 0 Å². The molecule has 4 aromatic rings. The number of anilines is 1. The van der Waals surface area contributed by atoms with Gasteiger partial charge >= 0.3 is 0 Å². The monoisotopic (exact) mass is 409 g/mol. The number of hydrogen-bond donors (Lipinski definition) is 0. The van der Waals surface area contributed by atoms with Crippen LogP contribution in [-0.2, 0) is 12.8 Å². The molecule has 0 radical (unpaired) electrons. The van der Waals surface area contributed by atoms with E-state index in [0.29, 0.717) is 19.0 Å². The second kappa shape index (κ2) is 6.82. The first-order chi connectivity index (χ1) is 15.0. The van der Waals surface area contributed by atoms with Crippen LogP contribution in [0.1, 0.15) is 36.5 Å². The summed E-state index contributed by atoms with van der Waals surface area (Å²) in [5, 5.41) is 5.43. The van der Waals surface area contributed by atoms with Gasteiger partial charge in [-0.25, -0.2) is 4.39 Å². The van der Waals surface area contributed by atoms with Crippen LogP contribution >= 0.6 is 0 Å². The van der Waals surface area contributed by atoms with Gasteiger partial charge in [0, 0.05) is 5.69 Å². The molecule has 2 heteroatoms. The number of rotatable bonds is 2. The predicted molar refractivity (Wildman–Crippen MR) is 129 cm³/mol. The van der Waals surface area contributed by atoms with E-state index in [1.165, 1.54) is 38.2 Å². The fourth-order valence-corrected chi connectivity index (χ4v) is 5.81. The zero-order valence-electron chi connectivity index (χ0n) is 18.2. The number of fused-ring (bicyclic) bond motifs is 5. The van der Waals surface area contributed by atoms with E-state index in [1.807, 2.05) is 0 Å². The van der Waals surface area contributed by atoms with E-state index in [9.17, 15) is 4.39 Å². The summed E-state index contributed by atoms with van der Waals surface area (Å²) in [6.07, 6.45) is 1.45. The maximum atomic E-state index is 13.4. The number of alkyl halides is 1. The van der Waals surface area contributed by atoms with E-state index >= 15 is 0 Å². The Labute approximate surface area is 183 Å². The molecule has 0 spiro atoms. The fraction of sp³-hybridized carbons (Fsp3) is 0.310. The van der Waals surface area contributed by atoms with E-state index in [1.54, 1.807) is 0 Å². The third kappa shape index (κ3) is 3.04. The van der Waals surface area contributed by atoms with Crippen molar-refractivity contribution in [2.75, 3.05) is 18.0 Å². The topological polar surface area (TPSA) is 3.24 Å². The van der Waals surface area contributed by atoms with Crippen molar-refractivity contribution in [2.45, 2.75) is 38.8 Å². The maximum absolute atomic E-state index is 13.4. The van der Waals surface area contributed by atoms with Crippen molar-refractivity contribution in [3.8, 4) is 0 Å². The van der Waals surface area contributed by atoms with Crippen LogP contribution < -0.4 is 4.90 Å². The standard InChI is InChI=1S/C29H28FN/c1-29(2)16-27-20(11-13-25-24-9-4-3-6-19(24)10-12-26(25)27)15-28(29)21-7-5-8-23(14-21)31-17-22(30)18-31/h3-14,22,28H,15-18H2,1-2H3. The molecule has 0 bridgehead atoms. The van der Waals surface area contributed by atoms with E-state index < -0.39 is 6.17 Å². The molecule has 1 saturated heterocycles. The minimum atomic E-state index is -0.675. The molecule has 6 rings (SSSR count). The second-order valence-corrected chi connectivity index (χ2v) is 10.1. The average molecular weight is 410 g/mol. The minimum Gasteiger partial charge on any atom is -0.366 e. The lowest BCUT2D eigenvalue weighted by Gasteiger charge is -2.42. The predicted octanol–water partition coefficient (Wildman–Crippen LogP) is 7.06. The second-order valence-electron chi connectivity index (χ2n) is 10.1. The Morgan fingerprint density at radius 3 is 2.48 bits per heavy atom. The van der Waals surface area contributed by atoms with Crippen LogP contribution in [0, 0.1) is 5.41 Å². The number of hydrogen-bond acceptors (Lipinski definition) is 1. The molecule has 2 aliphatic rings. The summed E-state index contributed by atoms with van der Waals surface area (Å²) in [6.45, 7) is 5.88. The summed E-state index contributed by atoms with van der Waals surface area (Å²) in [7, 11) is 0. The van der Waals surface area contributed by atoms with Gasteiger partial charge in [0.15, 0.2) is 0 Å². The minimum absolute atomic E-state index is 0.156. The molecule has 1 atom stereocenters. The van der Waals surface area contributed by atoms with E-state index in [4.69, 9.17) is 0 Å². The fourth-order valence-electron chi connectivity index (χ4n) is 5.81. The van der Waals surface area contributed by atoms with Crippen LogP contribution in [0.4, 0.5) is 10.1 Å². The quantitative estimate of drug-likeness (QED) is 0.320. The molecular weight excluding hydrogens is 381 g/mol. The lowest BCUT2D eigenvalue weighted by Crippen LogP contribution is -2.48. The Hall–Kier alpha value is -2.87. The van der Waals surface area contributed by atoms with Gasteiger partial charge in [-0.2, -0.15) is 0 Å². The first kappa shape index (κ1) is 18.9. The molecule has 156 valence electrons. The molecule has 1 fully saturated rings. The van der Waals surface area contributed by atoms with Gasteiger partial charge in [-0.05, 0) is 74.5 Å². The first-order valence-corrected chi connectivity index (χ1v) is 11.4. The van der Waals surface area contributed by atoms with Crippen molar-refractivity contribution < 1.29 is 4.39 Å². The number of halogens is 1. The van der Waals surface area contributed by atoms with Gasteiger partial charge in [0.1, 0.15) is 6.17 Å². The third-order valence-electron chi connectivity index (χ3n) is 7.61. The number of benzene rings is 4. The molecule has 0 N–H and O–H groups in total. The SMILES string of the molecule is CC1(C)Cc2c(ccc3c2ccc2ccccc23)CC1c1cccc(N2CC(F)C2)c1. The van der Waals surface area contributed by atoms with Gasteiger partial charge in [0.05, 0.1) is 13.1 Å². The van der Waals surface area contributed by atoms with Gasteiger partial charge in [-0.1, -0.05) is 74.5 Å². The van der Waals surface area contributed by atoms with Crippen LogP contribution in [0.5, 0.6) is 0 Å². The molecule has 1 nitrogen and oxygen atoms in total. The van der Waals surface area contributed by atoms with Gasteiger partial charge in [-0.3, -0.25) is 0 Å². The molecular formula is C29H28FN. The normalized spacial score (nSPS) is 20.6. The average Bonchev–Trinajstić information content (AvgIpc) is 2.75. The van der Waals surface area contributed by atoms with Crippen molar-refractivity contribution in [3.63, 3.8) is 0 Å². The molecule has 1 heterocycles. The maximum Gasteiger partial charge on any atom is 0.135 e. The summed E-state index contributed by atoms with van der Waals surface area (Å²) in [5.74, 6) is 0.459. The molecule has 0 saturated carbocycles. The summed E-state index contributed by atoms with van der Waals surface area (Å²) in [4.78, 5) is 2.15. The van der Waals surface area contributed by atoms with Crippen molar-refractivity contribution in [1.29, 1.82) is 0 Å². The van der Waals surface area contributed by atoms with Crippen LogP contribution in [-0.4, -0.2) is 19.3 Å². The van der Waals surface area contributed by atoms with Crippen LogP contribution in [0.15, 0.2) is 72.8 Å². The zero-order valence-corrected chi connectivity index (χ0v) is 18.2. The molecule has 1 aliphatic heterocycles. The first-order valence-electron chi connectivity index (χ1n) is 11.4. The Kier molecular flexibility index (Phi) is 4.15. The largest absolute Gasteiger partial charge is 0.366 e. The summed E-state index contributed by atoms with van der Waals surface area (Å²) >= 11 is 0. The highest BCUT2D eigenvalue weighted by atomic mass is 19.1. The summed E-state index contributed by atoms with van der Waals surface area (Å²) in [5.41, 5.74) is 5.70. The lowest BCUT2D eigenvalue weighted by molar-refractivity contribution is 0.263. The molecule has 4 aromatic carbocycles. The highest BCUT2D eigenvalue weighted by Crippen LogP contribution is 2.48. The molecule has 0 aromatic heterocycles. The van der Waals surface area contributed by atoms with Gasteiger partial charge in [0.2, 0.25) is 0 Å². The van der Waals surface area contributed by atoms with Crippen LogP contribution in [0.25, 0.3) is 21.5 Å². The number of nitrogens with zero attached hydrogens (tertiary/aromatic N) is 1. The van der Waals surface area contributed by atoms with Crippen LogP contribution in [0.3, 0.4) is 0 Å². The van der Waals surface area contributed by atoms with Crippen LogP contribution in [0.2, 0.25) is 0 Å². The highest BCUT2D eigenvalue weighted by Gasteiger charge is 2.37. The Morgan fingerprint density at radius 1 is 0.839 bits per heavy atom. The van der Waals surface area contributed by atoms with Gasteiger partial charge in [0.25, 0.3) is 0 Å². The highest BCUT2D eigenvalue weighted by molar-refractivity contribution is 6.08. The van der Waals surface area contributed by atoms with Crippen molar-refractivity contribution in [3.05, 3.63) is 89.5 Å². The van der Waals surface area contributed by atoms with Crippen molar-refractivity contribution >= 4 is 27.2 Å². The molecule has 1 aliphatic carbocycles. The third-order valence-corrected chi connectivity index (χ3v) is 7.61. The van der Waals surface area contributed by atoms with Crippen molar-refractivity contribution in [2.24, 2.45) is 5.41 Å². The Balaban J connectivity index is 1.42. The summed E-state index contributed by atoms with van der Waals surface area (Å²) < 4.78 is 13.4. The van der Waals surface area contributed by atoms with Gasteiger partial charge in [-0.15, -0.1) is 0 Å². The Bertz CT molecular complexity index is 1300. The Morgan fingerprint density at radius 2 is 1.65 bits per heavy atom. The lowest BCUT2D eigenvalue weighted by atomic mass is 9.63. The zero-order chi connectivity index (χ0) is 21.2. The smallest absolute Gasteiger partial charge is 0.135 e. The molecule has 1 unspecified atom stereocenters. The van der Waals surface area contributed by atoms with E-state index in [-0.39, 0.29) is 5.41 Å². The van der Waals surface area contributed by atoms with E-state index in [0.717, 1.165) is 18.5 Å². The van der Waals surface area contributed by atoms with Gasteiger partial charge < -0.3 is 4.90 Å². The van der Waals surface area contributed by atoms with E-state index in [2.05, 4.69) is 91.5 Å². The molecule has 31 heavy (non-hydrogen) atoms. The summed E-state index contributed by atoms with van der Waals surface area (Å²) in [6, 6.07) is 26.8.